The van der Waals surface area contributed by atoms with Crippen molar-refractivity contribution in [2.75, 3.05) is 0 Å². The molecule has 0 radical (unpaired) electrons. The highest BCUT2D eigenvalue weighted by Gasteiger charge is 2.02. The van der Waals surface area contributed by atoms with Crippen LogP contribution in [0.3, 0.4) is 0 Å². The summed E-state index contributed by atoms with van der Waals surface area (Å²) in [5.41, 5.74) is 1.60. The maximum absolute atomic E-state index is 4.26. The fraction of sp³-hybridized carbons (Fsp3) is 0.125. The van der Waals surface area contributed by atoms with Crippen molar-refractivity contribution in [3.8, 4) is 11.4 Å². The molecule has 0 aromatic carbocycles. The Hall–Kier alpha value is -1.23. The maximum atomic E-state index is 4.26. The molecule has 0 spiro atoms. The number of halogens is 1. The first-order chi connectivity index (χ1) is 6.25. The minimum Gasteiger partial charge on any atom is -0.255 e. The molecule has 0 saturated carbocycles. The molecule has 0 atom stereocenters. The molecule has 0 aliphatic rings. The predicted molar refractivity (Wildman–Crippen MR) is 51.9 cm³/mol. The van der Waals surface area contributed by atoms with Crippen molar-refractivity contribution >= 4 is 15.9 Å². The quantitative estimate of drug-likeness (QED) is 0.710. The average molecular weight is 239 g/mol. The number of hydrogen-bond acceptors (Lipinski definition) is 3. The molecule has 0 aliphatic heterocycles. The number of nitrogens with zero attached hydrogens (tertiary/aromatic N) is 4. The van der Waals surface area contributed by atoms with Crippen molar-refractivity contribution in [2.45, 2.75) is 0 Å². The summed E-state index contributed by atoms with van der Waals surface area (Å²) < 4.78 is 2.45. The Morgan fingerprint density at radius 2 is 2.15 bits per heavy atom. The van der Waals surface area contributed by atoms with Crippen LogP contribution < -0.4 is 0 Å². The normalized spacial score (nSPS) is 10.3. The molecule has 2 aromatic rings. The van der Waals surface area contributed by atoms with Gasteiger partial charge >= 0.3 is 0 Å². The first kappa shape index (κ1) is 8.37. The maximum Gasteiger partial charge on any atom is 0.131 e. The second-order valence-corrected chi connectivity index (χ2v) is 3.44. The van der Waals surface area contributed by atoms with Crippen LogP contribution >= 0.6 is 15.9 Å². The van der Waals surface area contributed by atoms with Gasteiger partial charge in [0.25, 0.3) is 0 Å². The minimum absolute atomic E-state index is 0.781. The van der Waals surface area contributed by atoms with Crippen LogP contribution in [-0.4, -0.2) is 20.0 Å². The number of aryl methyl sites for hydroxylation is 1. The van der Waals surface area contributed by atoms with E-state index < -0.39 is 0 Å². The number of pyridine rings is 1. The molecule has 0 unspecified atom stereocenters. The lowest BCUT2D eigenvalue weighted by molar-refractivity contribution is 0.715. The van der Waals surface area contributed by atoms with Crippen LogP contribution in [0.25, 0.3) is 11.4 Å². The van der Waals surface area contributed by atoms with Gasteiger partial charge in [-0.25, -0.2) is 4.98 Å². The smallest absolute Gasteiger partial charge is 0.131 e. The van der Waals surface area contributed by atoms with Gasteiger partial charge in [-0.1, -0.05) is 11.3 Å². The standard InChI is InChI=1S/C8H7BrN4/c1-13-5-7(11-12-13)6-3-2-4-8(9)10-6/h2-5H,1H3. The summed E-state index contributed by atoms with van der Waals surface area (Å²) in [5, 5.41) is 7.79. The minimum atomic E-state index is 0.781. The highest BCUT2D eigenvalue weighted by molar-refractivity contribution is 9.10. The van der Waals surface area contributed by atoms with E-state index in [2.05, 4.69) is 31.2 Å². The Balaban J connectivity index is 2.46. The first-order valence-electron chi connectivity index (χ1n) is 3.75. The highest BCUT2D eigenvalue weighted by Crippen LogP contribution is 2.15. The molecule has 2 heterocycles. The fourth-order valence-corrected chi connectivity index (χ4v) is 1.36. The van der Waals surface area contributed by atoms with Gasteiger partial charge in [-0.2, -0.15) is 0 Å². The third kappa shape index (κ3) is 1.75. The van der Waals surface area contributed by atoms with E-state index in [1.54, 1.807) is 4.68 Å². The van der Waals surface area contributed by atoms with Gasteiger partial charge in [0.1, 0.15) is 10.3 Å². The average Bonchev–Trinajstić information content (AvgIpc) is 2.52. The van der Waals surface area contributed by atoms with Gasteiger partial charge < -0.3 is 0 Å². The van der Waals surface area contributed by atoms with E-state index in [0.717, 1.165) is 16.0 Å². The van der Waals surface area contributed by atoms with Crippen molar-refractivity contribution in [1.29, 1.82) is 0 Å². The lowest BCUT2D eigenvalue weighted by atomic mass is 10.3. The van der Waals surface area contributed by atoms with Gasteiger partial charge in [0.15, 0.2) is 0 Å². The molecule has 2 rings (SSSR count). The molecule has 0 aliphatic carbocycles. The Bertz CT molecular complexity index is 424. The van der Waals surface area contributed by atoms with Gasteiger partial charge in [-0.3, -0.25) is 4.68 Å². The Morgan fingerprint density at radius 1 is 1.31 bits per heavy atom. The van der Waals surface area contributed by atoms with E-state index in [-0.39, 0.29) is 0 Å². The van der Waals surface area contributed by atoms with Crippen molar-refractivity contribution in [3.63, 3.8) is 0 Å². The van der Waals surface area contributed by atoms with E-state index in [1.165, 1.54) is 0 Å². The van der Waals surface area contributed by atoms with Crippen LogP contribution in [0.1, 0.15) is 0 Å². The highest BCUT2D eigenvalue weighted by atomic mass is 79.9. The monoisotopic (exact) mass is 238 g/mol. The molecular formula is C8H7BrN4. The summed E-state index contributed by atoms with van der Waals surface area (Å²) >= 11 is 3.30. The molecule has 4 nitrogen and oxygen atoms in total. The molecule has 5 heteroatoms. The van der Waals surface area contributed by atoms with E-state index in [4.69, 9.17) is 0 Å². The van der Waals surface area contributed by atoms with Gasteiger partial charge in [-0.05, 0) is 28.1 Å². The van der Waals surface area contributed by atoms with Crippen LogP contribution in [0.4, 0.5) is 0 Å². The predicted octanol–water partition coefficient (Wildman–Crippen LogP) is 1.64. The third-order valence-corrected chi connectivity index (χ3v) is 2.02. The third-order valence-electron chi connectivity index (χ3n) is 1.58. The Labute approximate surface area is 83.7 Å². The van der Waals surface area contributed by atoms with Crippen molar-refractivity contribution < 1.29 is 0 Å². The summed E-state index contributed by atoms with van der Waals surface area (Å²) in [5.74, 6) is 0. The van der Waals surface area contributed by atoms with Crippen LogP contribution in [0, 0.1) is 0 Å². The van der Waals surface area contributed by atoms with E-state index in [9.17, 15) is 0 Å². The zero-order valence-corrected chi connectivity index (χ0v) is 8.56. The number of rotatable bonds is 1. The Morgan fingerprint density at radius 3 is 2.77 bits per heavy atom. The van der Waals surface area contributed by atoms with E-state index in [1.807, 2.05) is 31.4 Å². The van der Waals surface area contributed by atoms with Crippen LogP contribution in [0.2, 0.25) is 0 Å². The summed E-state index contributed by atoms with van der Waals surface area (Å²) in [6, 6.07) is 5.69. The summed E-state index contributed by atoms with van der Waals surface area (Å²) in [7, 11) is 1.83. The molecule has 0 saturated heterocycles. The van der Waals surface area contributed by atoms with Crippen LogP contribution in [0.5, 0.6) is 0 Å². The SMILES string of the molecule is Cn1cc(-c2cccc(Br)n2)nn1. The fourth-order valence-electron chi connectivity index (χ4n) is 1.02. The molecule has 0 amide bonds. The first-order valence-corrected chi connectivity index (χ1v) is 4.54. The molecular weight excluding hydrogens is 232 g/mol. The zero-order valence-electron chi connectivity index (χ0n) is 6.98. The van der Waals surface area contributed by atoms with Crippen molar-refractivity contribution in [3.05, 3.63) is 29.0 Å². The van der Waals surface area contributed by atoms with E-state index >= 15 is 0 Å². The van der Waals surface area contributed by atoms with Crippen LogP contribution in [-0.2, 0) is 7.05 Å². The van der Waals surface area contributed by atoms with E-state index in [0.29, 0.717) is 0 Å². The van der Waals surface area contributed by atoms with Crippen molar-refractivity contribution in [1.82, 2.24) is 20.0 Å². The topological polar surface area (TPSA) is 43.6 Å². The Kier molecular flexibility index (Phi) is 2.10. The molecule has 0 bridgehead atoms. The molecule has 66 valence electrons. The van der Waals surface area contributed by atoms with Crippen LogP contribution in [0.15, 0.2) is 29.0 Å². The largest absolute Gasteiger partial charge is 0.255 e. The summed E-state index contributed by atoms with van der Waals surface area (Å²) in [6.45, 7) is 0. The van der Waals surface area contributed by atoms with Crippen molar-refractivity contribution in [2.24, 2.45) is 7.05 Å². The van der Waals surface area contributed by atoms with Gasteiger partial charge in [0.05, 0.1) is 11.9 Å². The van der Waals surface area contributed by atoms with Gasteiger partial charge in [-0.15, -0.1) is 5.10 Å². The lowest BCUT2D eigenvalue weighted by Gasteiger charge is -1.93. The summed E-state index contributed by atoms with van der Waals surface area (Å²) in [6.07, 6.45) is 1.83. The van der Waals surface area contributed by atoms with Gasteiger partial charge in [0.2, 0.25) is 0 Å². The number of hydrogen-bond donors (Lipinski definition) is 0. The van der Waals surface area contributed by atoms with Gasteiger partial charge in [0, 0.05) is 7.05 Å². The molecule has 0 N–H and O–H groups in total. The molecule has 0 fully saturated rings. The zero-order chi connectivity index (χ0) is 9.26. The second-order valence-electron chi connectivity index (χ2n) is 2.62. The molecule has 2 aromatic heterocycles. The second kappa shape index (κ2) is 3.26. The molecule has 13 heavy (non-hydrogen) atoms. The summed E-state index contributed by atoms with van der Waals surface area (Å²) in [4.78, 5) is 4.26. The lowest BCUT2D eigenvalue weighted by Crippen LogP contribution is -1.85. The number of aromatic nitrogens is 4.